The van der Waals surface area contributed by atoms with Gasteiger partial charge in [-0.05, 0) is 24.6 Å². The summed E-state index contributed by atoms with van der Waals surface area (Å²) in [6, 6.07) is 9.14. The molecular formula is C21H21N5O3. The largest absolute Gasteiger partial charge is 0.496 e. The van der Waals surface area contributed by atoms with Gasteiger partial charge in [0.05, 0.1) is 37.2 Å². The van der Waals surface area contributed by atoms with Crippen LogP contribution in [-0.4, -0.2) is 40.1 Å². The molecule has 4 aromatic rings. The van der Waals surface area contributed by atoms with Crippen molar-refractivity contribution in [2.24, 2.45) is 7.05 Å². The summed E-state index contributed by atoms with van der Waals surface area (Å²) >= 11 is 0. The van der Waals surface area contributed by atoms with E-state index in [9.17, 15) is 4.79 Å². The first-order valence-electron chi connectivity index (χ1n) is 9.02. The number of benzene rings is 2. The van der Waals surface area contributed by atoms with Gasteiger partial charge < -0.3 is 14.8 Å². The van der Waals surface area contributed by atoms with Crippen molar-refractivity contribution in [2.75, 3.05) is 19.5 Å². The van der Waals surface area contributed by atoms with Crippen LogP contribution < -0.4 is 14.8 Å². The lowest BCUT2D eigenvalue weighted by atomic mass is 10.1. The Bertz CT molecular complexity index is 1210. The second kappa shape index (κ2) is 7.31. The van der Waals surface area contributed by atoms with Crippen molar-refractivity contribution in [2.45, 2.75) is 6.92 Å². The van der Waals surface area contributed by atoms with Crippen LogP contribution >= 0.6 is 0 Å². The molecular weight excluding hydrogens is 370 g/mol. The molecule has 0 fully saturated rings. The summed E-state index contributed by atoms with van der Waals surface area (Å²) in [4.78, 5) is 13.1. The molecule has 1 amide bonds. The molecule has 0 radical (unpaired) electrons. The molecule has 0 aliphatic carbocycles. The fourth-order valence-corrected chi connectivity index (χ4v) is 3.31. The second-order valence-corrected chi connectivity index (χ2v) is 6.68. The van der Waals surface area contributed by atoms with Crippen LogP contribution in [0.15, 0.2) is 42.7 Å². The van der Waals surface area contributed by atoms with Gasteiger partial charge in [-0.2, -0.15) is 10.2 Å². The summed E-state index contributed by atoms with van der Waals surface area (Å²) in [6.07, 6.45) is 3.61. The first-order valence-corrected chi connectivity index (χ1v) is 9.02. The number of aromatic amines is 1. The molecule has 0 bridgehead atoms. The van der Waals surface area contributed by atoms with E-state index in [0.717, 1.165) is 27.7 Å². The van der Waals surface area contributed by atoms with Crippen LogP contribution in [-0.2, 0) is 7.05 Å². The normalized spacial score (nSPS) is 10.9. The number of carbonyl (C=O) groups excluding carboxylic acids is 1. The number of carbonyl (C=O) groups is 1. The topological polar surface area (TPSA) is 94.1 Å². The summed E-state index contributed by atoms with van der Waals surface area (Å²) < 4.78 is 12.6. The molecule has 2 aromatic heterocycles. The highest BCUT2D eigenvalue weighted by atomic mass is 16.5. The van der Waals surface area contributed by atoms with Gasteiger partial charge in [-0.25, -0.2) is 0 Å². The number of aromatic nitrogens is 4. The van der Waals surface area contributed by atoms with Crippen LogP contribution in [0.25, 0.3) is 22.2 Å². The Morgan fingerprint density at radius 1 is 1.17 bits per heavy atom. The summed E-state index contributed by atoms with van der Waals surface area (Å²) in [5.74, 6) is 0.747. The standard InChI is InChI=1S/C21H21N5O3/c1-12-6-5-7-17(28-3)19(12)23-21(27)15-8-14-16(9-18(15)29-4)24-25-20(14)13-10-22-26(2)11-13/h5-11H,1-4H3,(H,23,27)(H,24,25). The van der Waals surface area contributed by atoms with E-state index >= 15 is 0 Å². The van der Waals surface area contributed by atoms with Gasteiger partial charge >= 0.3 is 0 Å². The molecule has 0 saturated heterocycles. The van der Waals surface area contributed by atoms with E-state index in [1.165, 1.54) is 7.11 Å². The Morgan fingerprint density at radius 3 is 2.66 bits per heavy atom. The third kappa shape index (κ3) is 3.29. The van der Waals surface area contributed by atoms with E-state index in [-0.39, 0.29) is 5.91 Å². The van der Waals surface area contributed by atoms with E-state index in [2.05, 4.69) is 20.6 Å². The average molecular weight is 391 g/mol. The molecule has 148 valence electrons. The quantitative estimate of drug-likeness (QED) is 0.543. The van der Waals surface area contributed by atoms with Gasteiger partial charge in [0.15, 0.2) is 0 Å². The summed E-state index contributed by atoms with van der Waals surface area (Å²) in [7, 11) is 4.95. The minimum absolute atomic E-state index is 0.297. The molecule has 0 aliphatic rings. The second-order valence-electron chi connectivity index (χ2n) is 6.68. The summed E-state index contributed by atoms with van der Waals surface area (Å²) in [5.41, 5.74) is 4.27. The number of amides is 1. The van der Waals surface area contributed by atoms with Gasteiger partial charge in [0, 0.05) is 30.3 Å². The number of hydrogen-bond donors (Lipinski definition) is 2. The Hall–Kier alpha value is -3.81. The van der Waals surface area contributed by atoms with Crippen LogP contribution in [0.5, 0.6) is 11.5 Å². The average Bonchev–Trinajstić information content (AvgIpc) is 3.33. The number of nitrogens with one attached hydrogen (secondary N) is 2. The van der Waals surface area contributed by atoms with Gasteiger partial charge in [0.1, 0.15) is 17.2 Å². The Kier molecular flexibility index (Phi) is 4.67. The highest BCUT2D eigenvalue weighted by molar-refractivity contribution is 6.10. The third-order valence-electron chi connectivity index (χ3n) is 4.80. The van der Waals surface area contributed by atoms with Crippen molar-refractivity contribution in [1.29, 1.82) is 0 Å². The maximum Gasteiger partial charge on any atom is 0.259 e. The Morgan fingerprint density at radius 2 is 1.97 bits per heavy atom. The molecule has 0 aliphatic heterocycles. The van der Waals surface area contributed by atoms with E-state index in [4.69, 9.17) is 9.47 Å². The number of aryl methyl sites for hydroxylation is 2. The molecule has 2 aromatic carbocycles. The van der Waals surface area contributed by atoms with E-state index in [0.29, 0.717) is 22.7 Å². The predicted octanol–water partition coefficient (Wildman–Crippen LogP) is 3.54. The summed E-state index contributed by atoms with van der Waals surface area (Å²) in [5, 5.41) is 15.3. The monoisotopic (exact) mass is 391 g/mol. The van der Waals surface area contributed by atoms with Gasteiger partial charge in [0.25, 0.3) is 5.91 Å². The highest BCUT2D eigenvalue weighted by Gasteiger charge is 2.20. The fourth-order valence-electron chi connectivity index (χ4n) is 3.31. The number of para-hydroxylation sites is 1. The molecule has 8 nitrogen and oxygen atoms in total. The van der Waals surface area contributed by atoms with Gasteiger partial charge in [-0.1, -0.05) is 12.1 Å². The molecule has 8 heteroatoms. The Labute approximate surface area is 167 Å². The summed E-state index contributed by atoms with van der Waals surface area (Å²) in [6.45, 7) is 1.91. The predicted molar refractivity (Wildman–Crippen MR) is 111 cm³/mol. The van der Waals surface area contributed by atoms with Crippen LogP contribution in [0, 0.1) is 6.92 Å². The molecule has 29 heavy (non-hydrogen) atoms. The number of ether oxygens (including phenoxy) is 2. The van der Waals surface area contributed by atoms with Crippen molar-refractivity contribution in [3.05, 3.63) is 53.9 Å². The van der Waals surface area contributed by atoms with E-state index < -0.39 is 0 Å². The lowest BCUT2D eigenvalue weighted by molar-refractivity contribution is 0.102. The van der Waals surface area contributed by atoms with Crippen LogP contribution in [0.4, 0.5) is 5.69 Å². The molecule has 0 atom stereocenters. The number of nitrogens with zero attached hydrogens (tertiary/aromatic N) is 3. The zero-order valence-corrected chi connectivity index (χ0v) is 16.6. The van der Waals surface area contributed by atoms with Gasteiger partial charge in [0.2, 0.25) is 0 Å². The Balaban J connectivity index is 1.79. The lowest BCUT2D eigenvalue weighted by Crippen LogP contribution is -2.14. The van der Waals surface area contributed by atoms with Crippen LogP contribution in [0.2, 0.25) is 0 Å². The van der Waals surface area contributed by atoms with Crippen molar-refractivity contribution >= 4 is 22.5 Å². The number of fused-ring (bicyclic) bond motifs is 1. The minimum atomic E-state index is -0.297. The minimum Gasteiger partial charge on any atom is -0.496 e. The van der Waals surface area contributed by atoms with Gasteiger partial charge in [-0.3, -0.25) is 14.6 Å². The van der Waals surface area contributed by atoms with Crippen LogP contribution in [0.1, 0.15) is 15.9 Å². The molecule has 4 rings (SSSR count). The molecule has 0 saturated carbocycles. The number of anilines is 1. The van der Waals surface area contributed by atoms with Crippen LogP contribution in [0.3, 0.4) is 0 Å². The zero-order valence-electron chi connectivity index (χ0n) is 16.6. The first kappa shape index (κ1) is 18.5. The number of H-pyrrole nitrogens is 1. The first-order chi connectivity index (χ1) is 14.0. The number of rotatable bonds is 5. The van der Waals surface area contributed by atoms with Crippen molar-refractivity contribution in [3.8, 4) is 22.8 Å². The fraction of sp³-hybridized carbons (Fsp3) is 0.190. The lowest BCUT2D eigenvalue weighted by Gasteiger charge is -2.14. The molecule has 2 N–H and O–H groups in total. The molecule has 2 heterocycles. The maximum absolute atomic E-state index is 13.1. The molecule has 0 spiro atoms. The maximum atomic E-state index is 13.1. The number of hydrogen-bond acceptors (Lipinski definition) is 5. The van der Waals surface area contributed by atoms with Crippen molar-refractivity contribution in [3.63, 3.8) is 0 Å². The smallest absolute Gasteiger partial charge is 0.259 e. The van der Waals surface area contributed by atoms with Crippen molar-refractivity contribution < 1.29 is 14.3 Å². The van der Waals surface area contributed by atoms with Gasteiger partial charge in [-0.15, -0.1) is 0 Å². The molecule has 0 unspecified atom stereocenters. The number of methoxy groups -OCH3 is 2. The van der Waals surface area contributed by atoms with E-state index in [1.54, 1.807) is 36.2 Å². The highest BCUT2D eigenvalue weighted by Crippen LogP contribution is 2.33. The SMILES string of the molecule is COc1cc2[nH]nc(-c3cnn(C)c3)c2cc1C(=O)Nc1c(C)cccc1OC. The van der Waals surface area contributed by atoms with Crippen molar-refractivity contribution in [1.82, 2.24) is 20.0 Å². The third-order valence-corrected chi connectivity index (χ3v) is 4.80. The van der Waals surface area contributed by atoms with E-state index in [1.807, 2.05) is 32.3 Å². The zero-order chi connectivity index (χ0) is 20.5.